The fraction of sp³-hybridized carbons (Fsp3) is 0.364. The van der Waals surface area contributed by atoms with E-state index in [0.29, 0.717) is 5.75 Å². The molecular weight excluding hydrogens is 210 g/mol. The Kier molecular flexibility index (Phi) is 4.49. The molecule has 1 aromatic rings. The zero-order valence-electron chi connectivity index (χ0n) is 9.16. The molecule has 0 unspecified atom stereocenters. The number of amides is 1. The fourth-order valence-electron chi connectivity index (χ4n) is 1.19. The summed E-state index contributed by atoms with van der Waals surface area (Å²) in [5.41, 5.74) is 1.13. The van der Waals surface area contributed by atoms with Gasteiger partial charge in [-0.05, 0) is 24.3 Å². The highest BCUT2D eigenvalue weighted by Crippen LogP contribution is 2.32. The molecule has 0 radical (unpaired) electrons. The molecule has 0 spiro atoms. The Balaban J connectivity index is 2.94. The molecule has 0 saturated heterocycles. The van der Waals surface area contributed by atoms with Crippen LogP contribution < -0.4 is 10.1 Å². The summed E-state index contributed by atoms with van der Waals surface area (Å²) in [5, 5.41) is 2.43. The van der Waals surface area contributed by atoms with Gasteiger partial charge in [-0.25, -0.2) is 4.79 Å². The highest BCUT2D eigenvalue weighted by atomic mass is 32.2. The molecule has 0 aliphatic heterocycles. The highest BCUT2D eigenvalue weighted by Gasteiger charge is 2.09. The summed E-state index contributed by atoms with van der Waals surface area (Å²) in [6, 6.07) is 5.70. The molecule has 1 aromatic carbocycles. The standard InChI is InChI=1S/C11H15NO2S/c1-4-15-10-8(2)6-5-7-9(10)14-11(13)12-3/h5-7H,4H2,1-3H3,(H,12,13). The van der Waals surface area contributed by atoms with E-state index in [-0.39, 0.29) is 0 Å². The monoisotopic (exact) mass is 225 g/mol. The van der Waals surface area contributed by atoms with Crippen molar-refractivity contribution in [3.8, 4) is 5.75 Å². The van der Waals surface area contributed by atoms with Crippen molar-refractivity contribution in [3.05, 3.63) is 23.8 Å². The van der Waals surface area contributed by atoms with Gasteiger partial charge in [-0.2, -0.15) is 0 Å². The number of carbonyl (C=O) groups is 1. The van der Waals surface area contributed by atoms with Crippen LogP contribution in [0, 0.1) is 6.92 Å². The van der Waals surface area contributed by atoms with E-state index in [0.717, 1.165) is 16.2 Å². The van der Waals surface area contributed by atoms with Gasteiger partial charge < -0.3 is 10.1 Å². The van der Waals surface area contributed by atoms with Crippen molar-refractivity contribution < 1.29 is 9.53 Å². The molecule has 0 heterocycles. The van der Waals surface area contributed by atoms with Crippen LogP contribution in [0.3, 0.4) is 0 Å². The Hall–Kier alpha value is -1.16. The van der Waals surface area contributed by atoms with E-state index in [1.807, 2.05) is 19.1 Å². The van der Waals surface area contributed by atoms with Gasteiger partial charge in [0.2, 0.25) is 0 Å². The van der Waals surface area contributed by atoms with Crippen molar-refractivity contribution in [1.82, 2.24) is 5.32 Å². The highest BCUT2D eigenvalue weighted by molar-refractivity contribution is 7.99. The van der Waals surface area contributed by atoms with Crippen molar-refractivity contribution in [2.45, 2.75) is 18.7 Å². The first-order chi connectivity index (χ1) is 7.19. The van der Waals surface area contributed by atoms with Gasteiger partial charge in [0.15, 0.2) is 0 Å². The molecule has 0 bridgehead atoms. The number of rotatable bonds is 3. The molecule has 15 heavy (non-hydrogen) atoms. The smallest absolute Gasteiger partial charge is 0.409 e. The van der Waals surface area contributed by atoms with Crippen LogP contribution in [0.2, 0.25) is 0 Å². The first kappa shape index (κ1) is 11.9. The normalized spacial score (nSPS) is 9.80. The average Bonchev–Trinajstić information content (AvgIpc) is 2.23. The maximum atomic E-state index is 11.1. The van der Waals surface area contributed by atoms with Gasteiger partial charge in [0, 0.05) is 7.05 Å². The van der Waals surface area contributed by atoms with Crippen LogP contribution in [-0.4, -0.2) is 18.9 Å². The van der Waals surface area contributed by atoms with Crippen LogP contribution in [0.4, 0.5) is 4.79 Å². The number of benzene rings is 1. The fourth-order valence-corrected chi connectivity index (χ4v) is 2.02. The molecule has 0 atom stereocenters. The van der Waals surface area contributed by atoms with E-state index in [1.165, 1.54) is 0 Å². The summed E-state index contributed by atoms with van der Waals surface area (Å²) in [5.74, 6) is 1.58. The van der Waals surface area contributed by atoms with Crippen molar-refractivity contribution in [3.63, 3.8) is 0 Å². The van der Waals surface area contributed by atoms with Gasteiger partial charge in [-0.3, -0.25) is 0 Å². The number of carbonyl (C=O) groups excluding carboxylic acids is 1. The molecule has 1 rings (SSSR count). The third-order valence-corrected chi connectivity index (χ3v) is 2.97. The largest absolute Gasteiger partial charge is 0.412 e. The third-order valence-electron chi connectivity index (χ3n) is 1.87. The second-order valence-corrected chi connectivity index (χ2v) is 4.25. The molecule has 1 N–H and O–H groups in total. The minimum absolute atomic E-state index is 0.432. The average molecular weight is 225 g/mol. The molecule has 0 fully saturated rings. The van der Waals surface area contributed by atoms with E-state index in [4.69, 9.17) is 4.74 Å². The molecule has 0 aliphatic carbocycles. The number of hydrogen-bond acceptors (Lipinski definition) is 3. The van der Waals surface area contributed by atoms with E-state index >= 15 is 0 Å². The molecule has 0 aliphatic rings. The maximum Gasteiger partial charge on any atom is 0.412 e. The van der Waals surface area contributed by atoms with Gasteiger partial charge in [0.25, 0.3) is 0 Å². The lowest BCUT2D eigenvalue weighted by Crippen LogP contribution is -2.22. The summed E-state index contributed by atoms with van der Waals surface area (Å²) in [6.07, 6.45) is -0.432. The van der Waals surface area contributed by atoms with Crippen LogP contribution in [0.5, 0.6) is 5.75 Å². The minimum Gasteiger partial charge on any atom is -0.409 e. The molecule has 82 valence electrons. The SMILES string of the molecule is CCSc1c(C)cccc1OC(=O)NC. The van der Waals surface area contributed by atoms with Crippen molar-refractivity contribution in [2.75, 3.05) is 12.8 Å². The quantitative estimate of drug-likeness (QED) is 0.804. The molecule has 4 heteroatoms. The lowest BCUT2D eigenvalue weighted by atomic mass is 10.2. The Morgan fingerprint density at radius 3 is 2.87 bits per heavy atom. The minimum atomic E-state index is -0.432. The molecule has 3 nitrogen and oxygen atoms in total. The summed E-state index contributed by atoms with van der Waals surface area (Å²) in [7, 11) is 1.55. The second-order valence-electron chi connectivity index (χ2n) is 2.97. The molecule has 0 saturated carbocycles. The summed E-state index contributed by atoms with van der Waals surface area (Å²) in [6.45, 7) is 4.08. The van der Waals surface area contributed by atoms with E-state index < -0.39 is 6.09 Å². The van der Waals surface area contributed by atoms with Gasteiger partial charge in [0.05, 0.1) is 4.90 Å². The number of nitrogens with one attached hydrogen (secondary N) is 1. The number of ether oxygens (including phenoxy) is 1. The number of thioether (sulfide) groups is 1. The van der Waals surface area contributed by atoms with Gasteiger partial charge in [-0.1, -0.05) is 19.1 Å². The Morgan fingerprint density at radius 2 is 2.27 bits per heavy atom. The zero-order valence-corrected chi connectivity index (χ0v) is 9.98. The topological polar surface area (TPSA) is 38.3 Å². The molecule has 0 aromatic heterocycles. The second kappa shape index (κ2) is 5.66. The summed E-state index contributed by atoms with van der Waals surface area (Å²) < 4.78 is 5.16. The maximum absolute atomic E-state index is 11.1. The molecule has 1 amide bonds. The van der Waals surface area contributed by atoms with Crippen LogP contribution in [0.1, 0.15) is 12.5 Å². The van der Waals surface area contributed by atoms with E-state index in [2.05, 4.69) is 12.2 Å². The van der Waals surface area contributed by atoms with E-state index in [1.54, 1.807) is 24.9 Å². The number of hydrogen-bond donors (Lipinski definition) is 1. The van der Waals surface area contributed by atoms with Crippen LogP contribution in [0.15, 0.2) is 23.1 Å². The predicted octanol–water partition coefficient (Wildman–Crippen LogP) is 2.83. The first-order valence-electron chi connectivity index (χ1n) is 4.81. The van der Waals surface area contributed by atoms with Crippen molar-refractivity contribution >= 4 is 17.9 Å². The summed E-state index contributed by atoms with van der Waals surface area (Å²) in [4.78, 5) is 12.1. The van der Waals surface area contributed by atoms with Gasteiger partial charge in [0.1, 0.15) is 5.75 Å². The van der Waals surface area contributed by atoms with Crippen LogP contribution >= 0.6 is 11.8 Å². The first-order valence-corrected chi connectivity index (χ1v) is 5.79. The Labute approximate surface area is 94.2 Å². The molecular formula is C11H15NO2S. The Morgan fingerprint density at radius 1 is 1.53 bits per heavy atom. The van der Waals surface area contributed by atoms with Crippen LogP contribution in [0.25, 0.3) is 0 Å². The zero-order chi connectivity index (χ0) is 11.3. The van der Waals surface area contributed by atoms with Crippen LogP contribution in [-0.2, 0) is 0 Å². The van der Waals surface area contributed by atoms with Gasteiger partial charge in [-0.15, -0.1) is 11.8 Å². The summed E-state index contributed by atoms with van der Waals surface area (Å²) >= 11 is 1.68. The Bertz CT molecular complexity index is 352. The van der Waals surface area contributed by atoms with Crippen molar-refractivity contribution in [2.24, 2.45) is 0 Å². The lowest BCUT2D eigenvalue weighted by molar-refractivity contribution is 0.202. The number of aryl methyl sites for hydroxylation is 1. The van der Waals surface area contributed by atoms with E-state index in [9.17, 15) is 4.79 Å². The van der Waals surface area contributed by atoms with Crippen molar-refractivity contribution in [1.29, 1.82) is 0 Å². The predicted molar refractivity (Wildman–Crippen MR) is 62.7 cm³/mol. The third kappa shape index (κ3) is 3.16. The van der Waals surface area contributed by atoms with Gasteiger partial charge >= 0.3 is 6.09 Å². The lowest BCUT2D eigenvalue weighted by Gasteiger charge is -2.10.